The molecule has 0 amide bonds. The summed E-state index contributed by atoms with van der Waals surface area (Å²) in [6, 6.07) is 0. The van der Waals surface area contributed by atoms with Crippen molar-refractivity contribution >= 4 is 16.8 Å². The zero-order valence-electron chi connectivity index (χ0n) is 8.10. The van der Waals surface area contributed by atoms with Crippen LogP contribution >= 0.6 is 0 Å². The second-order valence-corrected chi connectivity index (χ2v) is 5.40. The Bertz CT molecular complexity index is 244. The van der Waals surface area contributed by atoms with E-state index in [2.05, 4.69) is 0 Å². The molecule has 2 N–H and O–H groups in total. The van der Waals surface area contributed by atoms with Crippen molar-refractivity contribution in [3.8, 4) is 0 Å². The lowest BCUT2D eigenvalue weighted by molar-refractivity contribution is -0.158. The summed E-state index contributed by atoms with van der Waals surface area (Å²) < 4.78 is 11.0. The van der Waals surface area contributed by atoms with Gasteiger partial charge >= 0.3 is 5.97 Å². The fraction of sp³-hybridized carbons (Fsp3) is 0.875. The maximum atomic E-state index is 11.0. The van der Waals surface area contributed by atoms with Crippen molar-refractivity contribution < 1.29 is 19.2 Å². The van der Waals surface area contributed by atoms with Crippen LogP contribution in [0.5, 0.6) is 0 Å². The topological polar surface area (TPSA) is 77.8 Å². The smallest absolute Gasteiger partial charge is 0.336 e. The molecule has 1 unspecified atom stereocenters. The number of aliphatic carboxylic acids is 1. The Morgan fingerprint density at radius 3 is 2.43 bits per heavy atom. The maximum absolute atomic E-state index is 11.0. The monoisotopic (exact) mass is 221 g/mol. The van der Waals surface area contributed by atoms with Crippen molar-refractivity contribution in [3.05, 3.63) is 0 Å². The van der Waals surface area contributed by atoms with E-state index in [0.29, 0.717) is 24.6 Å². The van der Waals surface area contributed by atoms with Crippen molar-refractivity contribution in [3.63, 3.8) is 0 Å². The van der Waals surface area contributed by atoms with E-state index in [0.717, 1.165) is 0 Å². The molecule has 1 rings (SSSR count). The first-order valence-electron chi connectivity index (χ1n) is 4.45. The summed E-state index contributed by atoms with van der Waals surface area (Å²) in [5, 5.41) is 18.2. The molecule has 0 radical (unpaired) electrons. The van der Waals surface area contributed by atoms with Crippen molar-refractivity contribution in [1.29, 1.82) is 0 Å². The summed E-state index contributed by atoms with van der Waals surface area (Å²) in [7, 11) is -0.771. The molecule has 0 bridgehead atoms. The van der Waals surface area contributed by atoms with Crippen LogP contribution < -0.4 is 0 Å². The van der Waals surface area contributed by atoms with E-state index in [-0.39, 0.29) is 6.54 Å². The summed E-state index contributed by atoms with van der Waals surface area (Å²) in [5.74, 6) is -0.0880. The van der Waals surface area contributed by atoms with Crippen LogP contribution in [-0.2, 0) is 15.6 Å². The van der Waals surface area contributed by atoms with Crippen LogP contribution in [0.15, 0.2) is 0 Å². The van der Waals surface area contributed by atoms with E-state index in [1.807, 2.05) is 4.90 Å². The number of hydrogen-bond acceptors (Lipinski definition) is 4. The van der Waals surface area contributed by atoms with Gasteiger partial charge in [0.25, 0.3) is 0 Å². The SMILES string of the molecule is CC(O)(CN1CCS(=O)CC1)C(=O)O. The third-order valence-electron chi connectivity index (χ3n) is 2.26. The van der Waals surface area contributed by atoms with Gasteiger partial charge in [-0.2, -0.15) is 0 Å². The van der Waals surface area contributed by atoms with Crippen molar-refractivity contribution in [2.45, 2.75) is 12.5 Å². The molecule has 1 heterocycles. The molecule has 5 nitrogen and oxygen atoms in total. The van der Waals surface area contributed by atoms with Crippen LogP contribution in [0.25, 0.3) is 0 Å². The van der Waals surface area contributed by atoms with Crippen molar-refractivity contribution in [2.75, 3.05) is 31.1 Å². The summed E-state index contributed by atoms with van der Waals surface area (Å²) in [5.41, 5.74) is -1.71. The van der Waals surface area contributed by atoms with Crippen LogP contribution in [0.1, 0.15) is 6.92 Å². The fourth-order valence-electron chi connectivity index (χ4n) is 1.34. The van der Waals surface area contributed by atoms with Crippen LogP contribution in [0, 0.1) is 0 Å². The molecule has 1 saturated heterocycles. The fourth-order valence-corrected chi connectivity index (χ4v) is 2.46. The highest BCUT2D eigenvalue weighted by Crippen LogP contribution is 2.09. The van der Waals surface area contributed by atoms with E-state index in [4.69, 9.17) is 5.11 Å². The van der Waals surface area contributed by atoms with Gasteiger partial charge in [-0.15, -0.1) is 0 Å². The lowest BCUT2D eigenvalue weighted by Crippen LogP contribution is -2.50. The average Bonchev–Trinajstić information content (AvgIpc) is 2.08. The number of carboxylic acids is 1. The highest BCUT2D eigenvalue weighted by molar-refractivity contribution is 7.85. The normalized spacial score (nSPS) is 24.4. The van der Waals surface area contributed by atoms with Crippen LogP contribution in [-0.4, -0.2) is 62.0 Å². The van der Waals surface area contributed by atoms with Gasteiger partial charge in [-0.25, -0.2) is 4.79 Å². The molecule has 0 aliphatic carbocycles. The molecule has 0 saturated carbocycles. The summed E-state index contributed by atoms with van der Waals surface area (Å²) in [6.45, 7) is 2.56. The molecular weight excluding hydrogens is 206 g/mol. The van der Waals surface area contributed by atoms with E-state index in [9.17, 15) is 14.1 Å². The molecule has 0 aromatic carbocycles. The Kier molecular flexibility index (Phi) is 3.63. The van der Waals surface area contributed by atoms with Crippen LogP contribution in [0.3, 0.4) is 0 Å². The third kappa shape index (κ3) is 3.04. The molecular formula is C8H15NO4S. The van der Waals surface area contributed by atoms with Gasteiger partial charge in [-0.05, 0) is 6.92 Å². The zero-order chi connectivity index (χ0) is 10.8. The Hall–Kier alpha value is -0.460. The highest BCUT2D eigenvalue weighted by Gasteiger charge is 2.33. The second-order valence-electron chi connectivity index (χ2n) is 3.70. The molecule has 82 valence electrons. The number of β-amino-alcohol motifs (C(OH)–C–C–N with tert-alkyl or cyclic N) is 1. The molecule has 1 aliphatic rings. The average molecular weight is 221 g/mol. The van der Waals surface area contributed by atoms with Gasteiger partial charge in [-0.3, -0.25) is 9.11 Å². The lowest BCUT2D eigenvalue weighted by Gasteiger charge is -2.31. The van der Waals surface area contributed by atoms with Gasteiger partial charge in [0.15, 0.2) is 5.60 Å². The molecule has 6 heteroatoms. The lowest BCUT2D eigenvalue weighted by atomic mass is 10.1. The molecule has 1 fully saturated rings. The molecule has 14 heavy (non-hydrogen) atoms. The van der Waals surface area contributed by atoms with E-state index in [1.54, 1.807) is 0 Å². The first-order valence-corrected chi connectivity index (χ1v) is 5.94. The first-order chi connectivity index (χ1) is 6.42. The number of carbonyl (C=O) groups is 1. The number of rotatable bonds is 3. The van der Waals surface area contributed by atoms with Gasteiger partial charge in [0.2, 0.25) is 0 Å². The van der Waals surface area contributed by atoms with Gasteiger partial charge in [0, 0.05) is 41.9 Å². The predicted molar refractivity (Wildman–Crippen MR) is 52.6 cm³/mol. The predicted octanol–water partition coefficient (Wildman–Crippen LogP) is -1.11. The number of nitrogens with zero attached hydrogens (tertiary/aromatic N) is 1. The minimum Gasteiger partial charge on any atom is -0.479 e. The van der Waals surface area contributed by atoms with E-state index < -0.39 is 22.4 Å². The Morgan fingerprint density at radius 2 is 2.00 bits per heavy atom. The maximum Gasteiger partial charge on any atom is 0.336 e. The Balaban J connectivity index is 2.45. The van der Waals surface area contributed by atoms with E-state index >= 15 is 0 Å². The first kappa shape index (κ1) is 11.6. The molecule has 0 aromatic rings. The summed E-state index contributed by atoms with van der Waals surface area (Å²) in [6.07, 6.45) is 0. The zero-order valence-corrected chi connectivity index (χ0v) is 8.92. The minimum atomic E-state index is -1.71. The largest absolute Gasteiger partial charge is 0.479 e. The van der Waals surface area contributed by atoms with Crippen LogP contribution in [0.4, 0.5) is 0 Å². The number of carboxylic acid groups (broad SMARTS) is 1. The highest BCUT2D eigenvalue weighted by atomic mass is 32.2. The van der Waals surface area contributed by atoms with E-state index in [1.165, 1.54) is 6.92 Å². The van der Waals surface area contributed by atoms with Crippen molar-refractivity contribution in [2.24, 2.45) is 0 Å². The van der Waals surface area contributed by atoms with Gasteiger partial charge in [0.1, 0.15) is 0 Å². The standard InChI is InChI=1S/C8H15NO4S/c1-8(12,7(10)11)6-9-2-4-14(13)5-3-9/h12H,2-6H2,1H3,(H,10,11). The van der Waals surface area contributed by atoms with Crippen LogP contribution in [0.2, 0.25) is 0 Å². The number of hydrogen-bond donors (Lipinski definition) is 2. The second kappa shape index (κ2) is 4.37. The quantitative estimate of drug-likeness (QED) is 0.631. The Morgan fingerprint density at radius 1 is 1.50 bits per heavy atom. The minimum absolute atomic E-state index is 0.0968. The molecule has 0 spiro atoms. The number of aliphatic hydroxyl groups is 1. The molecule has 1 atom stereocenters. The van der Waals surface area contributed by atoms with Gasteiger partial charge in [0.05, 0.1) is 0 Å². The summed E-state index contributed by atoms with van der Waals surface area (Å²) in [4.78, 5) is 12.5. The summed E-state index contributed by atoms with van der Waals surface area (Å²) >= 11 is 0. The van der Waals surface area contributed by atoms with Gasteiger partial charge < -0.3 is 10.2 Å². The van der Waals surface area contributed by atoms with Crippen molar-refractivity contribution in [1.82, 2.24) is 4.90 Å². The molecule has 1 aliphatic heterocycles. The third-order valence-corrected chi connectivity index (χ3v) is 3.54. The van der Waals surface area contributed by atoms with Gasteiger partial charge in [-0.1, -0.05) is 0 Å². The Labute approximate surface area is 85.2 Å². The molecule has 0 aromatic heterocycles.